The van der Waals surface area contributed by atoms with E-state index in [1.807, 2.05) is 80.6 Å². The second kappa shape index (κ2) is 11.7. The van der Waals surface area contributed by atoms with Crippen LogP contribution in [0.3, 0.4) is 0 Å². The Morgan fingerprint density at radius 1 is 0.882 bits per heavy atom. The highest BCUT2D eigenvalue weighted by Gasteiger charge is 2.21. The Kier molecular flexibility index (Phi) is 8.17. The van der Waals surface area contributed by atoms with Crippen molar-refractivity contribution in [3.63, 3.8) is 0 Å². The molecule has 0 aliphatic rings. The highest BCUT2D eigenvalue weighted by molar-refractivity contribution is 6.30. The van der Waals surface area contributed by atoms with E-state index in [0.717, 1.165) is 34.6 Å². The zero-order chi connectivity index (χ0) is 23.8. The van der Waals surface area contributed by atoms with E-state index in [1.165, 1.54) is 0 Å². The fourth-order valence-electron chi connectivity index (χ4n) is 3.69. The number of ether oxygens (including phenoxy) is 2. The predicted octanol–water partition coefficient (Wildman–Crippen LogP) is 6.11. The maximum atomic E-state index is 6.27. The number of hydrogen-bond acceptors (Lipinski definition) is 6. The van der Waals surface area contributed by atoms with E-state index < -0.39 is 0 Å². The topological polar surface area (TPSA) is 69.4 Å². The average molecular weight is 478 g/mol. The third-order valence-electron chi connectivity index (χ3n) is 5.26. The second-order valence-corrected chi connectivity index (χ2v) is 8.09. The summed E-state index contributed by atoms with van der Waals surface area (Å²) in [5.74, 6) is 2.50. The fraction of sp³-hybridized carbons (Fsp3) is 0.259. The van der Waals surface area contributed by atoms with Crippen LogP contribution in [0.2, 0.25) is 5.02 Å². The lowest BCUT2D eigenvalue weighted by molar-refractivity contribution is 0.287. The smallest absolute Gasteiger partial charge is 0.247 e. The second-order valence-electron chi connectivity index (χ2n) is 7.65. The highest BCUT2D eigenvalue weighted by Crippen LogP contribution is 2.29. The lowest BCUT2D eigenvalue weighted by Crippen LogP contribution is -2.25. The fourth-order valence-corrected chi connectivity index (χ4v) is 3.89. The van der Waals surface area contributed by atoms with E-state index in [-0.39, 0.29) is 6.04 Å². The summed E-state index contributed by atoms with van der Waals surface area (Å²) in [6.45, 7) is 5.79. The Bertz CT molecular complexity index is 1200. The molecule has 0 saturated heterocycles. The molecule has 1 atom stereocenters. The van der Waals surface area contributed by atoms with Gasteiger partial charge in [-0.3, -0.25) is 0 Å². The molecule has 0 fully saturated rings. The van der Waals surface area contributed by atoms with Crippen molar-refractivity contribution in [3.05, 3.63) is 94.8 Å². The first-order chi connectivity index (χ1) is 16.7. The monoisotopic (exact) mass is 477 g/mol. The van der Waals surface area contributed by atoms with Crippen molar-refractivity contribution in [1.29, 1.82) is 0 Å². The Labute approximate surface area is 204 Å². The minimum atomic E-state index is -0.294. The highest BCUT2D eigenvalue weighted by atomic mass is 35.5. The maximum Gasteiger partial charge on any atom is 0.247 e. The molecule has 7 heteroatoms. The summed E-state index contributed by atoms with van der Waals surface area (Å²) in [5.41, 5.74) is 2.97. The number of benzene rings is 3. The molecule has 0 radical (unpaired) electrons. The molecule has 0 saturated carbocycles. The molecule has 0 spiro atoms. The summed E-state index contributed by atoms with van der Waals surface area (Å²) in [4.78, 5) is 0. The van der Waals surface area contributed by atoms with Gasteiger partial charge in [0.15, 0.2) is 11.5 Å². The van der Waals surface area contributed by atoms with Crippen LogP contribution in [-0.4, -0.2) is 30.0 Å². The number of aromatic nitrogens is 2. The first kappa shape index (κ1) is 23.8. The third kappa shape index (κ3) is 5.95. The summed E-state index contributed by atoms with van der Waals surface area (Å²) in [6, 6.07) is 23.2. The normalized spacial score (nSPS) is 11.9. The number of nitrogens with one attached hydrogen (secondary N) is 1. The summed E-state index contributed by atoms with van der Waals surface area (Å²) < 4.78 is 17.5. The zero-order valence-electron chi connectivity index (χ0n) is 19.3. The van der Waals surface area contributed by atoms with Gasteiger partial charge in [-0.15, -0.1) is 10.2 Å². The van der Waals surface area contributed by atoms with Crippen LogP contribution in [0, 0.1) is 0 Å². The average Bonchev–Trinajstić information content (AvgIpc) is 3.34. The quantitative estimate of drug-likeness (QED) is 0.281. The zero-order valence-corrected chi connectivity index (χ0v) is 20.1. The van der Waals surface area contributed by atoms with Crippen LogP contribution in [0.25, 0.3) is 11.5 Å². The summed E-state index contributed by atoms with van der Waals surface area (Å²) in [5, 5.41) is 12.8. The van der Waals surface area contributed by atoms with Crippen LogP contribution in [-0.2, 0) is 6.42 Å². The van der Waals surface area contributed by atoms with Gasteiger partial charge in [0, 0.05) is 17.1 Å². The van der Waals surface area contributed by atoms with E-state index in [2.05, 4.69) is 21.6 Å². The van der Waals surface area contributed by atoms with Crippen LogP contribution in [0.1, 0.15) is 36.9 Å². The Hall–Kier alpha value is -3.35. The molecular weight excluding hydrogens is 450 g/mol. The molecular formula is C27H28ClN3O3. The molecule has 3 aromatic carbocycles. The minimum absolute atomic E-state index is 0.294. The van der Waals surface area contributed by atoms with Crippen LogP contribution < -0.4 is 14.8 Å². The Balaban J connectivity index is 1.52. The third-order valence-corrected chi connectivity index (χ3v) is 5.50. The molecule has 4 rings (SSSR count). The van der Waals surface area contributed by atoms with E-state index in [9.17, 15) is 0 Å². The molecule has 1 N–H and O–H groups in total. The van der Waals surface area contributed by atoms with Gasteiger partial charge in [-0.1, -0.05) is 48.0 Å². The molecule has 0 aliphatic heterocycles. The number of hydrogen-bond donors (Lipinski definition) is 1. The van der Waals surface area contributed by atoms with E-state index in [1.54, 1.807) is 0 Å². The number of halogens is 1. The standard InChI is InChI=1S/C27H28ClN3O3/c1-3-32-23-14-13-19(17-24(23)33-4-2)15-16-29-25(21-11-8-12-22(28)18-21)27-31-30-26(34-27)20-9-6-5-7-10-20/h5-14,17-18,25,29H,3-4,15-16H2,1-2H3/t25-/m1/s1. The molecule has 4 aromatic rings. The summed E-state index contributed by atoms with van der Waals surface area (Å²) in [6.07, 6.45) is 0.781. The molecule has 1 heterocycles. The van der Waals surface area contributed by atoms with Crippen molar-refractivity contribution in [2.75, 3.05) is 19.8 Å². The van der Waals surface area contributed by atoms with Gasteiger partial charge in [0.05, 0.1) is 13.2 Å². The van der Waals surface area contributed by atoms with Crippen molar-refractivity contribution in [3.8, 4) is 23.0 Å². The Morgan fingerprint density at radius 2 is 1.68 bits per heavy atom. The molecule has 0 amide bonds. The largest absolute Gasteiger partial charge is 0.490 e. The first-order valence-electron chi connectivity index (χ1n) is 11.4. The van der Waals surface area contributed by atoms with Gasteiger partial charge in [0.25, 0.3) is 0 Å². The minimum Gasteiger partial charge on any atom is -0.490 e. The first-order valence-corrected chi connectivity index (χ1v) is 11.8. The van der Waals surface area contributed by atoms with Gasteiger partial charge in [-0.25, -0.2) is 0 Å². The van der Waals surface area contributed by atoms with Gasteiger partial charge in [0.2, 0.25) is 11.8 Å². The van der Waals surface area contributed by atoms with Gasteiger partial charge in [-0.05, 0) is 67.8 Å². The molecule has 0 unspecified atom stereocenters. The number of rotatable bonds is 11. The van der Waals surface area contributed by atoms with Gasteiger partial charge < -0.3 is 19.2 Å². The number of nitrogens with zero attached hydrogens (tertiary/aromatic N) is 2. The van der Waals surface area contributed by atoms with Crippen molar-refractivity contribution < 1.29 is 13.9 Å². The molecule has 176 valence electrons. The lowest BCUT2D eigenvalue weighted by atomic mass is 10.1. The van der Waals surface area contributed by atoms with Crippen LogP contribution in [0.15, 0.2) is 77.2 Å². The molecule has 1 aromatic heterocycles. The van der Waals surface area contributed by atoms with Crippen LogP contribution in [0.4, 0.5) is 0 Å². The van der Waals surface area contributed by atoms with Gasteiger partial charge >= 0.3 is 0 Å². The summed E-state index contributed by atoms with van der Waals surface area (Å²) >= 11 is 6.27. The Morgan fingerprint density at radius 3 is 2.44 bits per heavy atom. The molecule has 0 bridgehead atoms. The van der Waals surface area contributed by atoms with Crippen LogP contribution in [0.5, 0.6) is 11.5 Å². The van der Waals surface area contributed by atoms with Crippen molar-refractivity contribution in [2.24, 2.45) is 0 Å². The van der Waals surface area contributed by atoms with Crippen molar-refractivity contribution >= 4 is 11.6 Å². The van der Waals surface area contributed by atoms with E-state index >= 15 is 0 Å². The van der Waals surface area contributed by atoms with Crippen molar-refractivity contribution in [1.82, 2.24) is 15.5 Å². The van der Waals surface area contributed by atoms with Crippen molar-refractivity contribution in [2.45, 2.75) is 26.3 Å². The van der Waals surface area contributed by atoms with Crippen LogP contribution >= 0.6 is 11.6 Å². The van der Waals surface area contributed by atoms with Gasteiger partial charge in [0.1, 0.15) is 6.04 Å². The maximum absolute atomic E-state index is 6.27. The predicted molar refractivity (Wildman–Crippen MR) is 134 cm³/mol. The lowest BCUT2D eigenvalue weighted by Gasteiger charge is -2.17. The SMILES string of the molecule is CCOc1ccc(CCN[C@H](c2cccc(Cl)c2)c2nnc(-c3ccccc3)o2)cc1OCC. The van der Waals surface area contributed by atoms with E-state index in [4.69, 9.17) is 25.5 Å². The van der Waals surface area contributed by atoms with E-state index in [0.29, 0.717) is 36.6 Å². The van der Waals surface area contributed by atoms with Gasteiger partial charge in [-0.2, -0.15) is 0 Å². The summed E-state index contributed by atoms with van der Waals surface area (Å²) in [7, 11) is 0. The molecule has 6 nitrogen and oxygen atoms in total. The molecule has 0 aliphatic carbocycles. The molecule has 34 heavy (non-hydrogen) atoms.